The Hall–Kier alpha value is -1.43. The number of hydrogen-bond acceptors (Lipinski definition) is 4. The number of amides is 1. The van der Waals surface area contributed by atoms with Crippen LogP contribution in [0.1, 0.15) is 32.8 Å². The van der Waals surface area contributed by atoms with Crippen molar-refractivity contribution in [3.63, 3.8) is 0 Å². The van der Waals surface area contributed by atoms with Gasteiger partial charge in [0.2, 0.25) is 0 Å². The molecule has 0 aromatic heterocycles. The zero-order chi connectivity index (χ0) is 15.9. The molecule has 3 N–H and O–H groups in total. The van der Waals surface area contributed by atoms with Crippen molar-refractivity contribution in [3.8, 4) is 0 Å². The number of methoxy groups -OCH3 is 1. The van der Waals surface area contributed by atoms with E-state index in [0.29, 0.717) is 13.2 Å². The Labute approximate surface area is 126 Å². The molecule has 0 bridgehead atoms. The molecule has 0 saturated heterocycles. The summed E-state index contributed by atoms with van der Waals surface area (Å²) in [5.41, 5.74) is 7.06. The van der Waals surface area contributed by atoms with Gasteiger partial charge in [0.25, 0.3) is 5.91 Å². The minimum absolute atomic E-state index is 0.161. The Balaban J connectivity index is 2.40. The molecule has 0 radical (unpaired) electrons. The molecule has 0 heterocycles. The minimum atomic E-state index is -0.508. The topological polar surface area (TPSA) is 73.6 Å². The third-order valence-corrected chi connectivity index (χ3v) is 3.45. The van der Waals surface area contributed by atoms with Gasteiger partial charge in [-0.3, -0.25) is 4.79 Å². The predicted molar refractivity (Wildman–Crippen MR) is 84.1 cm³/mol. The first kappa shape index (κ1) is 17.6. The van der Waals surface area contributed by atoms with Crippen molar-refractivity contribution >= 4 is 11.6 Å². The molecule has 0 aliphatic carbocycles. The summed E-state index contributed by atoms with van der Waals surface area (Å²) < 4.78 is 10.9. The number of benzene rings is 1. The summed E-state index contributed by atoms with van der Waals surface area (Å²) in [5.74, 6) is -0.161. The van der Waals surface area contributed by atoms with Crippen LogP contribution in [0.15, 0.2) is 24.3 Å². The molecule has 0 aliphatic heterocycles. The van der Waals surface area contributed by atoms with Crippen molar-refractivity contribution in [1.29, 1.82) is 0 Å². The Morgan fingerprint density at radius 2 is 1.95 bits per heavy atom. The lowest BCUT2D eigenvalue weighted by atomic mass is 10.1. The van der Waals surface area contributed by atoms with Crippen LogP contribution in [-0.4, -0.2) is 31.3 Å². The second-order valence-corrected chi connectivity index (χ2v) is 5.62. The molecule has 1 amide bonds. The van der Waals surface area contributed by atoms with Gasteiger partial charge in [0.1, 0.15) is 6.10 Å². The molecule has 1 atom stereocenters. The van der Waals surface area contributed by atoms with Crippen molar-refractivity contribution in [3.05, 3.63) is 29.8 Å². The summed E-state index contributed by atoms with van der Waals surface area (Å²) in [5, 5.41) is 2.82. The highest BCUT2D eigenvalue weighted by Gasteiger charge is 2.18. The van der Waals surface area contributed by atoms with Gasteiger partial charge in [-0.05, 0) is 44.9 Å². The van der Waals surface area contributed by atoms with Crippen LogP contribution < -0.4 is 11.1 Å². The van der Waals surface area contributed by atoms with E-state index in [2.05, 4.69) is 5.32 Å². The van der Waals surface area contributed by atoms with Crippen molar-refractivity contribution in [1.82, 2.24) is 0 Å². The Bertz CT molecular complexity index is 443. The highest BCUT2D eigenvalue weighted by Crippen LogP contribution is 2.14. The lowest BCUT2D eigenvalue weighted by Crippen LogP contribution is -2.31. The average molecular weight is 294 g/mol. The van der Waals surface area contributed by atoms with Crippen molar-refractivity contribution in [2.45, 2.75) is 45.4 Å². The number of rotatable bonds is 8. The Kier molecular flexibility index (Phi) is 6.81. The summed E-state index contributed by atoms with van der Waals surface area (Å²) in [6.07, 6.45) is 0.221. The van der Waals surface area contributed by atoms with Crippen LogP contribution >= 0.6 is 0 Å². The minimum Gasteiger partial charge on any atom is -0.379 e. The zero-order valence-electron chi connectivity index (χ0n) is 13.3. The molecule has 0 saturated carbocycles. The van der Waals surface area contributed by atoms with Gasteiger partial charge in [-0.25, -0.2) is 0 Å². The molecule has 0 spiro atoms. The van der Waals surface area contributed by atoms with Gasteiger partial charge in [0.05, 0.1) is 12.2 Å². The molecular formula is C16H26N2O3. The average Bonchev–Trinajstić information content (AvgIpc) is 2.47. The van der Waals surface area contributed by atoms with Crippen LogP contribution in [0.4, 0.5) is 5.69 Å². The molecular weight excluding hydrogens is 268 g/mol. The largest absolute Gasteiger partial charge is 0.379 e. The summed E-state index contributed by atoms with van der Waals surface area (Å²) in [4.78, 5) is 12.0. The molecule has 1 aromatic carbocycles. The van der Waals surface area contributed by atoms with E-state index in [1.165, 1.54) is 0 Å². The SMILES string of the molecule is COC(C)(C)CCOC(C)C(=O)Nc1ccc(CN)cc1. The van der Waals surface area contributed by atoms with E-state index in [1.807, 2.05) is 38.1 Å². The standard InChI is InChI=1S/C16H26N2O3/c1-12(21-10-9-16(2,3)20-4)15(19)18-14-7-5-13(11-17)6-8-14/h5-8,12H,9-11,17H2,1-4H3,(H,18,19). The third-order valence-electron chi connectivity index (χ3n) is 3.45. The zero-order valence-corrected chi connectivity index (χ0v) is 13.3. The number of nitrogens with one attached hydrogen (secondary N) is 1. The number of ether oxygens (including phenoxy) is 2. The fraction of sp³-hybridized carbons (Fsp3) is 0.562. The van der Waals surface area contributed by atoms with Crippen molar-refractivity contribution in [2.24, 2.45) is 5.73 Å². The van der Waals surface area contributed by atoms with Crippen LogP contribution in [0.5, 0.6) is 0 Å². The summed E-state index contributed by atoms with van der Waals surface area (Å²) in [6, 6.07) is 7.45. The molecule has 1 rings (SSSR count). The smallest absolute Gasteiger partial charge is 0.253 e. The second kappa shape index (κ2) is 8.12. The quantitative estimate of drug-likeness (QED) is 0.771. The van der Waals surface area contributed by atoms with Gasteiger partial charge in [-0.2, -0.15) is 0 Å². The number of carbonyl (C=O) groups excluding carboxylic acids is 1. The maximum absolute atomic E-state index is 12.0. The Morgan fingerprint density at radius 1 is 1.33 bits per heavy atom. The van der Waals surface area contributed by atoms with Crippen LogP contribution in [0.3, 0.4) is 0 Å². The van der Waals surface area contributed by atoms with Crippen LogP contribution in [0.2, 0.25) is 0 Å². The molecule has 1 aromatic rings. The van der Waals surface area contributed by atoms with E-state index in [9.17, 15) is 4.79 Å². The molecule has 118 valence electrons. The molecule has 21 heavy (non-hydrogen) atoms. The van der Waals surface area contributed by atoms with E-state index in [4.69, 9.17) is 15.2 Å². The van der Waals surface area contributed by atoms with Crippen molar-refractivity contribution < 1.29 is 14.3 Å². The fourth-order valence-corrected chi connectivity index (χ4v) is 1.63. The van der Waals surface area contributed by atoms with Gasteiger partial charge in [0, 0.05) is 19.3 Å². The second-order valence-electron chi connectivity index (χ2n) is 5.62. The lowest BCUT2D eigenvalue weighted by molar-refractivity contribution is -0.127. The summed E-state index contributed by atoms with van der Waals surface area (Å²) in [6.45, 7) is 6.67. The van der Waals surface area contributed by atoms with Crippen molar-refractivity contribution in [2.75, 3.05) is 19.0 Å². The van der Waals surface area contributed by atoms with E-state index < -0.39 is 6.10 Å². The molecule has 1 unspecified atom stereocenters. The fourth-order valence-electron chi connectivity index (χ4n) is 1.63. The van der Waals surface area contributed by atoms with Gasteiger partial charge >= 0.3 is 0 Å². The number of anilines is 1. The molecule has 5 heteroatoms. The number of carbonyl (C=O) groups is 1. The third kappa shape index (κ3) is 6.25. The van der Waals surface area contributed by atoms with Gasteiger partial charge in [0.15, 0.2) is 0 Å². The highest BCUT2D eigenvalue weighted by molar-refractivity contribution is 5.93. The Morgan fingerprint density at radius 3 is 2.48 bits per heavy atom. The van der Waals surface area contributed by atoms with Crippen LogP contribution in [0.25, 0.3) is 0 Å². The molecule has 0 fully saturated rings. The number of nitrogens with two attached hydrogens (primary N) is 1. The monoisotopic (exact) mass is 294 g/mol. The van der Waals surface area contributed by atoms with Gasteiger partial charge in [-0.15, -0.1) is 0 Å². The van der Waals surface area contributed by atoms with Gasteiger partial charge in [-0.1, -0.05) is 12.1 Å². The van der Waals surface area contributed by atoms with Crippen LogP contribution in [-0.2, 0) is 20.8 Å². The first-order valence-corrected chi connectivity index (χ1v) is 7.14. The number of hydrogen-bond donors (Lipinski definition) is 2. The normalized spacial score (nSPS) is 13.0. The van der Waals surface area contributed by atoms with E-state index in [-0.39, 0.29) is 11.5 Å². The summed E-state index contributed by atoms with van der Waals surface area (Å²) in [7, 11) is 1.67. The maximum atomic E-state index is 12.0. The first-order valence-electron chi connectivity index (χ1n) is 7.14. The van der Waals surface area contributed by atoms with E-state index in [0.717, 1.165) is 17.7 Å². The molecule has 0 aliphatic rings. The van der Waals surface area contributed by atoms with Crippen LogP contribution in [0, 0.1) is 0 Å². The maximum Gasteiger partial charge on any atom is 0.253 e. The van der Waals surface area contributed by atoms with E-state index in [1.54, 1.807) is 14.0 Å². The van der Waals surface area contributed by atoms with E-state index >= 15 is 0 Å². The first-order chi connectivity index (χ1) is 9.88. The van der Waals surface area contributed by atoms with Gasteiger partial charge < -0.3 is 20.5 Å². The highest BCUT2D eigenvalue weighted by atomic mass is 16.5. The lowest BCUT2D eigenvalue weighted by Gasteiger charge is -2.23. The predicted octanol–water partition coefficient (Wildman–Crippen LogP) is 2.30. The summed E-state index contributed by atoms with van der Waals surface area (Å²) >= 11 is 0. The molecule has 5 nitrogen and oxygen atoms in total.